The molecule has 0 radical (unpaired) electrons. The molecule has 1 aliphatic rings. The maximum Gasteiger partial charge on any atom is 0.494 e. The van der Waals surface area contributed by atoms with Crippen LogP contribution in [-0.4, -0.2) is 18.3 Å². The van der Waals surface area contributed by atoms with Gasteiger partial charge in [-0.1, -0.05) is 127 Å². The Hall–Kier alpha value is -4.44. The van der Waals surface area contributed by atoms with E-state index in [-0.39, 0.29) is 0 Å². The molecular formula is C40H33BO2. The Morgan fingerprint density at radius 1 is 0.419 bits per heavy atom. The van der Waals surface area contributed by atoms with Crippen molar-refractivity contribution in [2.45, 2.75) is 38.9 Å². The molecule has 208 valence electrons. The van der Waals surface area contributed by atoms with E-state index in [1.165, 1.54) is 65.3 Å². The average Bonchev–Trinajstić information content (AvgIpc) is 3.25. The van der Waals surface area contributed by atoms with Gasteiger partial charge in [-0.05, 0) is 98.5 Å². The quantitative estimate of drug-likeness (QED) is 0.159. The van der Waals surface area contributed by atoms with Crippen LogP contribution in [0, 0.1) is 0 Å². The smallest absolute Gasteiger partial charge is 0.399 e. The molecule has 0 spiro atoms. The van der Waals surface area contributed by atoms with Crippen LogP contribution >= 0.6 is 0 Å². The maximum absolute atomic E-state index is 6.55. The van der Waals surface area contributed by atoms with Crippen molar-refractivity contribution in [1.82, 2.24) is 0 Å². The summed E-state index contributed by atoms with van der Waals surface area (Å²) in [5, 5.41) is 9.88. The molecule has 1 saturated heterocycles. The van der Waals surface area contributed by atoms with Crippen molar-refractivity contribution >= 4 is 55.7 Å². The normalized spacial score (nSPS) is 16.0. The lowest BCUT2D eigenvalue weighted by atomic mass is 9.76. The summed E-state index contributed by atoms with van der Waals surface area (Å²) in [6, 6.07) is 46.3. The highest BCUT2D eigenvalue weighted by atomic mass is 16.7. The standard InChI is InChI=1S/C40H33BO2/c1-39(2)40(3,4)43-41(42-39)28-23-24-35-36(25-28)38(32-22-12-16-27-14-6-8-18-30(27)32)34-20-10-9-19-33(34)37(35)31-21-11-15-26-13-5-7-17-29(26)31/h5-25H,1-4H3. The van der Waals surface area contributed by atoms with Crippen LogP contribution in [-0.2, 0) is 9.31 Å². The monoisotopic (exact) mass is 556 g/mol. The van der Waals surface area contributed by atoms with Gasteiger partial charge in [-0.15, -0.1) is 0 Å². The van der Waals surface area contributed by atoms with Crippen LogP contribution in [0.25, 0.3) is 65.3 Å². The molecule has 1 fully saturated rings. The minimum absolute atomic E-state index is 0.414. The number of fused-ring (bicyclic) bond motifs is 4. The molecule has 1 heterocycles. The SMILES string of the molecule is CC1(C)OB(c2ccc3c(-c4cccc5ccccc45)c4ccccc4c(-c4cccc5ccccc45)c3c2)OC1(C)C. The Kier molecular flexibility index (Phi) is 5.81. The lowest BCUT2D eigenvalue weighted by molar-refractivity contribution is 0.00578. The minimum atomic E-state index is -0.442. The van der Waals surface area contributed by atoms with Gasteiger partial charge in [0.25, 0.3) is 0 Å². The van der Waals surface area contributed by atoms with Gasteiger partial charge in [0.05, 0.1) is 11.2 Å². The molecule has 0 unspecified atom stereocenters. The number of rotatable bonds is 3. The molecule has 0 saturated carbocycles. The van der Waals surface area contributed by atoms with E-state index in [9.17, 15) is 0 Å². The second-order valence-electron chi connectivity index (χ2n) is 12.7. The van der Waals surface area contributed by atoms with E-state index in [0.717, 1.165) is 5.46 Å². The van der Waals surface area contributed by atoms with Crippen LogP contribution in [0.15, 0.2) is 127 Å². The van der Waals surface area contributed by atoms with Crippen LogP contribution in [0.3, 0.4) is 0 Å². The first-order valence-corrected chi connectivity index (χ1v) is 15.1. The van der Waals surface area contributed by atoms with Crippen molar-refractivity contribution in [2.75, 3.05) is 0 Å². The van der Waals surface area contributed by atoms with Gasteiger partial charge in [0.15, 0.2) is 0 Å². The Morgan fingerprint density at radius 3 is 1.37 bits per heavy atom. The highest BCUT2D eigenvalue weighted by molar-refractivity contribution is 6.62. The summed E-state index contributed by atoms with van der Waals surface area (Å²) in [6.07, 6.45) is 0. The third kappa shape index (κ3) is 4.03. The molecule has 0 aromatic heterocycles. The molecule has 0 aliphatic carbocycles. The van der Waals surface area contributed by atoms with E-state index >= 15 is 0 Å². The summed E-state index contributed by atoms with van der Waals surface area (Å²) in [5.41, 5.74) is 5.18. The first-order chi connectivity index (χ1) is 20.8. The van der Waals surface area contributed by atoms with Crippen molar-refractivity contribution in [3.63, 3.8) is 0 Å². The van der Waals surface area contributed by atoms with Gasteiger partial charge < -0.3 is 9.31 Å². The molecule has 0 amide bonds. The molecule has 0 N–H and O–H groups in total. The van der Waals surface area contributed by atoms with E-state index in [2.05, 4.69) is 155 Å². The van der Waals surface area contributed by atoms with Crippen LogP contribution in [0.4, 0.5) is 0 Å². The van der Waals surface area contributed by atoms with Crippen molar-refractivity contribution in [2.24, 2.45) is 0 Å². The van der Waals surface area contributed by atoms with Crippen molar-refractivity contribution < 1.29 is 9.31 Å². The number of hydrogen-bond donors (Lipinski definition) is 0. The van der Waals surface area contributed by atoms with Gasteiger partial charge >= 0.3 is 7.12 Å². The third-order valence-corrected chi connectivity index (χ3v) is 9.69. The molecule has 7 aromatic rings. The van der Waals surface area contributed by atoms with Gasteiger partial charge in [0.1, 0.15) is 0 Å². The summed E-state index contributed by atoms with van der Waals surface area (Å²) < 4.78 is 13.1. The molecule has 7 aromatic carbocycles. The van der Waals surface area contributed by atoms with E-state index < -0.39 is 18.3 Å². The van der Waals surface area contributed by atoms with Gasteiger partial charge in [-0.25, -0.2) is 0 Å². The van der Waals surface area contributed by atoms with E-state index in [1.807, 2.05) is 0 Å². The summed E-state index contributed by atoms with van der Waals surface area (Å²) in [7, 11) is -0.442. The highest BCUT2D eigenvalue weighted by Crippen LogP contribution is 2.46. The van der Waals surface area contributed by atoms with Gasteiger partial charge in [0, 0.05) is 0 Å². The second-order valence-corrected chi connectivity index (χ2v) is 12.7. The van der Waals surface area contributed by atoms with Gasteiger partial charge in [-0.2, -0.15) is 0 Å². The first kappa shape index (κ1) is 26.2. The largest absolute Gasteiger partial charge is 0.494 e. The zero-order valence-electron chi connectivity index (χ0n) is 25.0. The van der Waals surface area contributed by atoms with E-state index in [0.29, 0.717) is 0 Å². The fraction of sp³-hybridized carbons (Fsp3) is 0.150. The van der Waals surface area contributed by atoms with Crippen molar-refractivity contribution in [1.29, 1.82) is 0 Å². The zero-order chi connectivity index (χ0) is 29.3. The van der Waals surface area contributed by atoms with Crippen LogP contribution < -0.4 is 5.46 Å². The number of hydrogen-bond acceptors (Lipinski definition) is 2. The Bertz CT molecular complexity index is 2180. The fourth-order valence-electron chi connectivity index (χ4n) is 6.79. The molecule has 43 heavy (non-hydrogen) atoms. The minimum Gasteiger partial charge on any atom is -0.399 e. The molecule has 1 aliphatic heterocycles. The van der Waals surface area contributed by atoms with Crippen LogP contribution in [0.1, 0.15) is 27.7 Å². The summed E-state index contributed by atoms with van der Waals surface area (Å²) >= 11 is 0. The highest BCUT2D eigenvalue weighted by Gasteiger charge is 2.51. The molecule has 8 rings (SSSR count). The second kappa shape index (κ2) is 9.54. The summed E-state index contributed by atoms with van der Waals surface area (Å²) in [6.45, 7) is 8.45. The lowest BCUT2D eigenvalue weighted by Crippen LogP contribution is -2.41. The van der Waals surface area contributed by atoms with E-state index in [1.54, 1.807) is 0 Å². The molecule has 0 bridgehead atoms. The van der Waals surface area contributed by atoms with E-state index in [4.69, 9.17) is 9.31 Å². The Balaban J connectivity index is 1.52. The average molecular weight is 557 g/mol. The predicted molar refractivity (Wildman–Crippen MR) is 183 cm³/mol. The molecule has 0 atom stereocenters. The topological polar surface area (TPSA) is 18.5 Å². The maximum atomic E-state index is 6.55. The third-order valence-electron chi connectivity index (χ3n) is 9.69. The predicted octanol–water partition coefficient (Wildman–Crippen LogP) is 9.93. The molecule has 3 heteroatoms. The molecule has 2 nitrogen and oxygen atoms in total. The van der Waals surface area contributed by atoms with Gasteiger partial charge in [-0.3, -0.25) is 0 Å². The number of benzene rings is 7. The van der Waals surface area contributed by atoms with Crippen molar-refractivity contribution in [3.8, 4) is 22.3 Å². The first-order valence-electron chi connectivity index (χ1n) is 15.1. The Labute approximate surface area is 253 Å². The zero-order valence-corrected chi connectivity index (χ0v) is 25.0. The van der Waals surface area contributed by atoms with Crippen molar-refractivity contribution in [3.05, 3.63) is 127 Å². The van der Waals surface area contributed by atoms with Crippen LogP contribution in [0.2, 0.25) is 0 Å². The fourth-order valence-corrected chi connectivity index (χ4v) is 6.79. The lowest BCUT2D eigenvalue weighted by Gasteiger charge is -2.32. The Morgan fingerprint density at radius 2 is 0.837 bits per heavy atom. The summed E-state index contributed by atoms with van der Waals surface area (Å²) in [5.74, 6) is 0. The summed E-state index contributed by atoms with van der Waals surface area (Å²) in [4.78, 5) is 0. The molecular weight excluding hydrogens is 523 g/mol. The van der Waals surface area contributed by atoms with Gasteiger partial charge in [0.2, 0.25) is 0 Å². The van der Waals surface area contributed by atoms with Crippen LogP contribution in [0.5, 0.6) is 0 Å².